The number of hydrogen-bond donors (Lipinski definition) is 2. The SMILES string of the molecule is O=C(NC(CO)c1ccc(O[C@H]2CCOC2)nc1)[C@H]1C[C@@H]1c1ccccc1. The van der Waals surface area contributed by atoms with Gasteiger partial charge in [-0.3, -0.25) is 4.79 Å². The zero-order valence-electron chi connectivity index (χ0n) is 15.1. The van der Waals surface area contributed by atoms with E-state index in [1.807, 2.05) is 24.3 Å². The van der Waals surface area contributed by atoms with Crippen molar-refractivity contribution in [1.82, 2.24) is 10.3 Å². The first-order valence-electron chi connectivity index (χ1n) is 9.41. The lowest BCUT2D eigenvalue weighted by molar-refractivity contribution is -0.123. The fraction of sp³-hybridized carbons (Fsp3) is 0.429. The molecular formula is C21H24N2O4. The molecule has 1 amide bonds. The lowest BCUT2D eigenvalue weighted by Crippen LogP contribution is -2.32. The number of aliphatic hydroxyl groups excluding tert-OH is 1. The molecule has 1 aromatic carbocycles. The van der Waals surface area contributed by atoms with E-state index in [1.54, 1.807) is 12.3 Å². The van der Waals surface area contributed by atoms with Crippen LogP contribution in [-0.2, 0) is 9.53 Å². The summed E-state index contributed by atoms with van der Waals surface area (Å²) >= 11 is 0. The van der Waals surface area contributed by atoms with Crippen molar-refractivity contribution in [2.75, 3.05) is 19.8 Å². The van der Waals surface area contributed by atoms with Gasteiger partial charge in [-0.2, -0.15) is 0 Å². The van der Waals surface area contributed by atoms with Gasteiger partial charge in [-0.25, -0.2) is 4.98 Å². The normalized spacial score (nSPS) is 25.0. The van der Waals surface area contributed by atoms with Gasteiger partial charge in [-0.05, 0) is 29.5 Å². The van der Waals surface area contributed by atoms with Crippen molar-refractivity contribution >= 4 is 5.91 Å². The van der Waals surface area contributed by atoms with Gasteiger partial charge < -0.3 is 19.9 Å². The van der Waals surface area contributed by atoms with Crippen molar-refractivity contribution in [3.05, 3.63) is 59.8 Å². The summed E-state index contributed by atoms with van der Waals surface area (Å²) in [5, 5.41) is 12.7. The summed E-state index contributed by atoms with van der Waals surface area (Å²) in [6.45, 7) is 1.13. The van der Waals surface area contributed by atoms with Crippen LogP contribution < -0.4 is 10.1 Å². The highest BCUT2D eigenvalue weighted by molar-refractivity contribution is 5.83. The van der Waals surface area contributed by atoms with Crippen LogP contribution in [0.2, 0.25) is 0 Å². The predicted octanol–water partition coefficient (Wildman–Crippen LogP) is 2.20. The average molecular weight is 368 g/mol. The molecule has 1 aliphatic carbocycles. The molecule has 0 radical (unpaired) electrons. The summed E-state index contributed by atoms with van der Waals surface area (Å²) in [6, 6.07) is 13.2. The number of aromatic nitrogens is 1. The lowest BCUT2D eigenvalue weighted by atomic mass is 10.1. The summed E-state index contributed by atoms with van der Waals surface area (Å²) in [6.07, 6.45) is 3.40. The van der Waals surface area contributed by atoms with Crippen molar-refractivity contribution in [2.45, 2.75) is 30.9 Å². The van der Waals surface area contributed by atoms with Crippen molar-refractivity contribution < 1.29 is 19.4 Å². The number of ether oxygens (including phenoxy) is 2. The molecule has 4 rings (SSSR count). The number of nitrogens with one attached hydrogen (secondary N) is 1. The highest BCUT2D eigenvalue weighted by Gasteiger charge is 2.44. The number of aliphatic hydroxyl groups is 1. The quantitative estimate of drug-likeness (QED) is 0.783. The van der Waals surface area contributed by atoms with Gasteiger partial charge in [0.2, 0.25) is 11.8 Å². The Morgan fingerprint density at radius 3 is 2.81 bits per heavy atom. The van der Waals surface area contributed by atoms with Crippen molar-refractivity contribution in [3.63, 3.8) is 0 Å². The number of carbonyl (C=O) groups is 1. The number of benzene rings is 1. The number of amides is 1. The molecule has 1 saturated heterocycles. The molecule has 1 saturated carbocycles. The summed E-state index contributed by atoms with van der Waals surface area (Å²) in [7, 11) is 0. The van der Waals surface area contributed by atoms with E-state index in [2.05, 4.69) is 22.4 Å². The van der Waals surface area contributed by atoms with Gasteiger partial charge in [0.05, 0.1) is 25.9 Å². The summed E-state index contributed by atoms with van der Waals surface area (Å²) in [4.78, 5) is 16.8. The topological polar surface area (TPSA) is 80.7 Å². The van der Waals surface area contributed by atoms with Crippen LogP contribution in [0.15, 0.2) is 48.7 Å². The van der Waals surface area contributed by atoms with Gasteiger partial charge in [0.1, 0.15) is 6.10 Å². The van der Waals surface area contributed by atoms with Crippen molar-refractivity contribution in [1.29, 1.82) is 0 Å². The first-order chi connectivity index (χ1) is 13.2. The lowest BCUT2D eigenvalue weighted by Gasteiger charge is -2.17. The molecule has 1 unspecified atom stereocenters. The Morgan fingerprint density at radius 1 is 1.30 bits per heavy atom. The standard InChI is InChI=1S/C21H24N2O4/c24-12-19(15-6-7-20(22-11-15)27-16-8-9-26-13-16)23-21(25)18-10-17(18)14-4-2-1-3-5-14/h1-7,11,16-19,24H,8-10,12-13H2,(H,23,25)/t16-,17+,18-,19?/m0/s1. The molecule has 2 aliphatic rings. The van der Waals surface area contributed by atoms with Crippen LogP contribution in [0.3, 0.4) is 0 Å². The first kappa shape index (κ1) is 17.9. The van der Waals surface area contributed by atoms with E-state index in [9.17, 15) is 9.90 Å². The zero-order valence-corrected chi connectivity index (χ0v) is 15.1. The molecule has 6 nitrogen and oxygen atoms in total. The van der Waals surface area contributed by atoms with E-state index in [-0.39, 0.29) is 30.5 Å². The van der Waals surface area contributed by atoms with E-state index in [0.29, 0.717) is 19.1 Å². The van der Waals surface area contributed by atoms with Gasteiger partial charge in [0, 0.05) is 24.6 Å². The molecular weight excluding hydrogens is 344 g/mol. The Morgan fingerprint density at radius 2 is 2.15 bits per heavy atom. The van der Waals surface area contributed by atoms with E-state index >= 15 is 0 Å². The van der Waals surface area contributed by atoms with Crippen LogP contribution in [0.4, 0.5) is 0 Å². The molecule has 0 spiro atoms. The second-order valence-corrected chi connectivity index (χ2v) is 7.14. The summed E-state index contributed by atoms with van der Waals surface area (Å²) < 4.78 is 11.0. The van der Waals surface area contributed by atoms with Gasteiger partial charge in [0.15, 0.2) is 0 Å². The van der Waals surface area contributed by atoms with E-state index in [1.165, 1.54) is 5.56 Å². The molecule has 6 heteroatoms. The number of nitrogens with zero attached hydrogens (tertiary/aromatic N) is 1. The minimum atomic E-state index is -0.467. The predicted molar refractivity (Wildman–Crippen MR) is 99.3 cm³/mol. The number of pyridine rings is 1. The zero-order chi connectivity index (χ0) is 18.6. The molecule has 27 heavy (non-hydrogen) atoms. The molecule has 2 N–H and O–H groups in total. The van der Waals surface area contributed by atoms with E-state index in [4.69, 9.17) is 9.47 Å². The molecule has 0 bridgehead atoms. The Kier molecular flexibility index (Phi) is 5.36. The Hall–Kier alpha value is -2.44. The van der Waals surface area contributed by atoms with Crippen LogP contribution in [0.25, 0.3) is 0 Å². The van der Waals surface area contributed by atoms with Gasteiger partial charge in [0.25, 0.3) is 0 Å². The molecule has 2 heterocycles. The highest BCUT2D eigenvalue weighted by Crippen LogP contribution is 2.47. The van der Waals surface area contributed by atoms with Crippen LogP contribution in [0, 0.1) is 5.92 Å². The average Bonchev–Trinajstić information content (AvgIpc) is 3.36. The van der Waals surface area contributed by atoms with E-state index < -0.39 is 6.04 Å². The van der Waals surface area contributed by atoms with Crippen LogP contribution in [0.1, 0.15) is 35.9 Å². The molecule has 142 valence electrons. The largest absolute Gasteiger partial charge is 0.472 e. The van der Waals surface area contributed by atoms with Crippen LogP contribution >= 0.6 is 0 Å². The minimum absolute atomic E-state index is 0.0219. The minimum Gasteiger partial charge on any atom is -0.472 e. The number of hydrogen-bond acceptors (Lipinski definition) is 5. The highest BCUT2D eigenvalue weighted by atomic mass is 16.5. The molecule has 1 aliphatic heterocycles. The maximum atomic E-state index is 12.5. The van der Waals surface area contributed by atoms with Crippen molar-refractivity contribution in [3.8, 4) is 5.88 Å². The molecule has 2 fully saturated rings. The van der Waals surface area contributed by atoms with Gasteiger partial charge in [-0.15, -0.1) is 0 Å². The van der Waals surface area contributed by atoms with Crippen LogP contribution in [0.5, 0.6) is 5.88 Å². The Balaban J connectivity index is 1.34. The first-order valence-corrected chi connectivity index (χ1v) is 9.41. The number of carbonyl (C=O) groups excluding carboxylic acids is 1. The Labute approximate surface area is 158 Å². The molecule has 4 atom stereocenters. The smallest absolute Gasteiger partial charge is 0.224 e. The van der Waals surface area contributed by atoms with Gasteiger partial charge in [-0.1, -0.05) is 30.3 Å². The van der Waals surface area contributed by atoms with Gasteiger partial charge >= 0.3 is 0 Å². The fourth-order valence-corrected chi connectivity index (χ4v) is 3.51. The summed E-state index contributed by atoms with van der Waals surface area (Å²) in [5.41, 5.74) is 1.95. The second-order valence-electron chi connectivity index (χ2n) is 7.14. The third kappa shape index (κ3) is 4.28. The second kappa shape index (κ2) is 8.06. The monoisotopic (exact) mass is 368 g/mol. The van der Waals surface area contributed by atoms with Crippen LogP contribution in [-0.4, -0.2) is 41.9 Å². The maximum Gasteiger partial charge on any atom is 0.224 e. The molecule has 1 aromatic heterocycles. The third-order valence-electron chi connectivity index (χ3n) is 5.19. The third-order valence-corrected chi connectivity index (χ3v) is 5.19. The maximum absolute atomic E-state index is 12.5. The van der Waals surface area contributed by atoms with Crippen molar-refractivity contribution in [2.24, 2.45) is 5.92 Å². The van der Waals surface area contributed by atoms with E-state index in [0.717, 1.165) is 18.4 Å². The number of rotatable bonds is 7. The molecule has 2 aromatic rings. The fourth-order valence-electron chi connectivity index (χ4n) is 3.51. The Bertz CT molecular complexity index is 760. The summed E-state index contributed by atoms with van der Waals surface area (Å²) in [5.74, 6) is 0.752.